The molecule has 1 saturated carbocycles. The molecule has 0 aromatic carbocycles. The highest BCUT2D eigenvalue weighted by atomic mass is 16.5. The second-order valence-corrected chi connectivity index (χ2v) is 4.05. The first-order valence-electron chi connectivity index (χ1n) is 5.57. The summed E-state index contributed by atoms with van der Waals surface area (Å²) >= 11 is 0. The van der Waals surface area contributed by atoms with Crippen LogP contribution in [0.25, 0.3) is 0 Å². The molecule has 15 heavy (non-hydrogen) atoms. The Morgan fingerprint density at radius 1 is 1.47 bits per heavy atom. The summed E-state index contributed by atoms with van der Waals surface area (Å²) < 4.78 is 10.7. The fourth-order valence-corrected chi connectivity index (χ4v) is 2.03. The Morgan fingerprint density at radius 3 is 2.87 bits per heavy atom. The molecule has 1 fully saturated rings. The van der Waals surface area contributed by atoms with E-state index in [-0.39, 0.29) is 0 Å². The minimum atomic E-state index is 0.389. The summed E-state index contributed by atoms with van der Waals surface area (Å²) in [5, 5.41) is 6.96. The van der Waals surface area contributed by atoms with Gasteiger partial charge in [-0.1, -0.05) is 5.16 Å². The Balaban J connectivity index is 1.69. The van der Waals surface area contributed by atoms with Crippen LogP contribution in [0.5, 0.6) is 0 Å². The zero-order valence-electron chi connectivity index (χ0n) is 9.11. The van der Waals surface area contributed by atoms with Gasteiger partial charge in [0.25, 0.3) is 0 Å². The van der Waals surface area contributed by atoms with Gasteiger partial charge >= 0.3 is 0 Å². The molecule has 1 aliphatic rings. The summed E-state index contributed by atoms with van der Waals surface area (Å²) in [7, 11) is 2.03. The van der Waals surface area contributed by atoms with E-state index in [1.54, 1.807) is 6.20 Å². The second-order valence-electron chi connectivity index (χ2n) is 4.05. The number of nitrogens with zero attached hydrogens (tertiary/aromatic N) is 1. The number of hydrogen-bond donors (Lipinski definition) is 1. The van der Waals surface area contributed by atoms with Gasteiger partial charge in [0.15, 0.2) is 5.76 Å². The molecule has 0 saturated heterocycles. The summed E-state index contributed by atoms with van der Waals surface area (Å²) in [5.41, 5.74) is 0. The maximum absolute atomic E-state index is 5.76. The molecule has 0 spiro atoms. The minimum absolute atomic E-state index is 0.389. The average Bonchev–Trinajstić information content (AvgIpc) is 2.80. The fraction of sp³-hybridized carbons (Fsp3) is 0.727. The van der Waals surface area contributed by atoms with Crippen molar-refractivity contribution in [1.29, 1.82) is 0 Å². The largest absolute Gasteiger partial charge is 0.370 e. The lowest BCUT2D eigenvalue weighted by Gasteiger charge is -2.27. The van der Waals surface area contributed by atoms with Crippen LogP contribution in [0.15, 0.2) is 16.8 Å². The van der Waals surface area contributed by atoms with Gasteiger partial charge in [-0.3, -0.25) is 0 Å². The molecule has 84 valence electrons. The molecule has 1 aromatic rings. The van der Waals surface area contributed by atoms with Crippen molar-refractivity contribution in [1.82, 2.24) is 10.5 Å². The van der Waals surface area contributed by atoms with Gasteiger partial charge in [-0.05, 0) is 32.7 Å². The third-order valence-electron chi connectivity index (χ3n) is 3.03. The summed E-state index contributed by atoms with van der Waals surface area (Å²) in [6.07, 6.45) is 6.73. The summed E-state index contributed by atoms with van der Waals surface area (Å²) in [4.78, 5) is 0. The lowest BCUT2D eigenvalue weighted by Crippen LogP contribution is -2.32. The lowest BCUT2D eigenvalue weighted by atomic mass is 9.93. The molecule has 1 aromatic heterocycles. The number of rotatable bonds is 4. The van der Waals surface area contributed by atoms with Gasteiger partial charge in [-0.15, -0.1) is 0 Å². The van der Waals surface area contributed by atoms with Gasteiger partial charge in [0, 0.05) is 12.1 Å². The Hall–Kier alpha value is -0.870. The van der Waals surface area contributed by atoms with Crippen LogP contribution >= 0.6 is 0 Å². The third-order valence-corrected chi connectivity index (χ3v) is 3.03. The van der Waals surface area contributed by atoms with Gasteiger partial charge in [-0.2, -0.15) is 0 Å². The number of aromatic nitrogens is 1. The summed E-state index contributed by atoms with van der Waals surface area (Å²) in [5.74, 6) is 0.811. The molecular formula is C11H18N2O2. The van der Waals surface area contributed by atoms with E-state index < -0.39 is 0 Å². The van der Waals surface area contributed by atoms with Gasteiger partial charge in [0.05, 0.1) is 12.3 Å². The summed E-state index contributed by atoms with van der Waals surface area (Å²) in [6, 6.07) is 2.52. The second kappa shape index (κ2) is 5.28. The maximum atomic E-state index is 5.76. The van der Waals surface area contributed by atoms with E-state index in [0.717, 1.165) is 18.6 Å². The van der Waals surface area contributed by atoms with Gasteiger partial charge < -0.3 is 14.6 Å². The van der Waals surface area contributed by atoms with E-state index in [1.807, 2.05) is 13.1 Å². The molecule has 0 bridgehead atoms. The maximum Gasteiger partial charge on any atom is 0.162 e. The van der Waals surface area contributed by atoms with Crippen molar-refractivity contribution in [3.63, 3.8) is 0 Å². The Morgan fingerprint density at radius 2 is 2.27 bits per heavy atom. The molecule has 1 N–H and O–H groups in total. The average molecular weight is 210 g/mol. The first-order chi connectivity index (χ1) is 7.38. The zero-order valence-corrected chi connectivity index (χ0v) is 9.11. The van der Waals surface area contributed by atoms with E-state index in [1.165, 1.54) is 12.8 Å². The molecule has 0 radical (unpaired) electrons. The number of hydrogen-bond acceptors (Lipinski definition) is 4. The number of ether oxygens (including phenoxy) is 1. The van der Waals surface area contributed by atoms with Crippen molar-refractivity contribution in [2.24, 2.45) is 0 Å². The quantitative estimate of drug-likeness (QED) is 0.822. The van der Waals surface area contributed by atoms with Crippen LogP contribution in [0.1, 0.15) is 31.4 Å². The predicted molar refractivity (Wildman–Crippen MR) is 56.4 cm³/mol. The Labute approximate surface area is 90.0 Å². The van der Waals surface area contributed by atoms with E-state index in [9.17, 15) is 0 Å². The first-order valence-corrected chi connectivity index (χ1v) is 5.57. The Bertz CT molecular complexity index is 266. The van der Waals surface area contributed by atoms with E-state index in [2.05, 4.69) is 10.5 Å². The number of nitrogens with one attached hydrogen (secondary N) is 1. The van der Waals surface area contributed by atoms with E-state index >= 15 is 0 Å². The van der Waals surface area contributed by atoms with Crippen LogP contribution in [-0.2, 0) is 11.3 Å². The molecule has 0 unspecified atom stereocenters. The highest BCUT2D eigenvalue weighted by molar-refractivity contribution is 4.90. The molecule has 0 aliphatic heterocycles. The van der Waals surface area contributed by atoms with Crippen LogP contribution in [0.2, 0.25) is 0 Å². The SMILES string of the molecule is CNC1CCC(OCc2ccno2)CC1. The normalized spacial score (nSPS) is 26.7. The van der Waals surface area contributed by atoms with Crippen molar-refractivity contribution in [2.75, 3.05) is 7.05 Å². The molecule has 4 heteroatoms. The van der Waals surface area contributed by atoms with Crippen molar-refractivity contribution in [3.05, 3.63) is 18.0 Å². The van der Waals surface area contributed by atoms with Crippen molar-refractivity contribution >= 4 is 0 Å². The smallest absolute Gasteiger partial charge is 0.162 e. The molecule has 0 amide bonds. The van der Waals surface area contributed by atoms with Crippen LogP contribution in [0, 0.1) is 0 Å². The Kier molecular flexibility index (Phi) is 3.75. The van der Waals surface area contributed by atoms with Gasteiger partial charge in [-0.25, -0.2) is 0 Å². The van der Waals surface area contributed by atoms with Gasteiger partial charge in [0.2, 0.25) is 0 Å². The van der Waals surface area contributed by atoms with Crippen molar-refractivity contribution < 1.29 is 9.26 Å². The monoisotopic (exact) mass is 210 g/mol. The molecule has 0 atom stereocenters. The lowest BCUT2D eigenvalue weighted by molar-refractivity contribution is 0.00219. The van der Waals surface area contributed by atoms with E-state index in [0.29, 0.717) is 18.8 Å². The molecule has 1 aliphatic carbocycles. The minimum Gasteiger partial charge on any atom is -0.370 e. The highest BCUT2D eigenvalue weighted by Gasteiger charge is 2.20. The zero-order chi connectivity index (χ0) is 10.5. The van der Waals surface area contributed by atoms with Crippen LogP contribution in [0.4, 0.5) is 0 Å². The fourth-order valence-electron chi connectivity index (χ4n) is 2.03. The van der Waals surface area contributed by atoms with Crippen molar-refractivity contribution in [2.45, 2.75) is 44.4 Å². The van der Waals surface area contributed by atoms with Gasteiger partial charge in [0.1, 0.15) is 6.61 Å². The molecular weight excluding hydrogens is 192 g/mol. The van der Waals surface area contributed by atoms with Crippen molar-refractivity contribution in [3.8, 4) is 0 Å². The topological polar surface area (TPSA) is 47.3 Å². The summed E-state index contributed by atoms with van der Waals surface area (Å²) in [6.45, 7) is 0.550. The van der Waals surface area contributed by atoms with Crippen LogP contribution in [-0.4, -0.2) is 24.4 Å². The van der Waals surface area contributed by atoms with Crippen LogP contribution in [0.3, 0.4) is 0 Å². The van der Waals surface area contributed by atoms with E-state index in [4.69, 9.17) is 9.26 Å². The first kappa shape index (κ1) is 10.6. The third kappa shape index (κ3) is 3.04. The molecule has 2 rings (SSSR count). The predicted octanol–water partition coefficient (Wildman–Crippen LogP) is 1.72. The molecule has 1 heterocycles. The molecule has 4 nitrogen and oxygen atoms in total. The van der Waals surface area contributed by atoms with Crippen LogP contribution < -0.4 is 5.32 Å². The highest BCUT2D eigenvalue weighted by Crippen LogP contribution is 2.21. The standard InChI is InChI=1S/C11H18N2O2/c1-12-9-2-4-10(5-3-9)14-8-11-6-7-13-15-11/h6-7,9-10,12H,2-5,8H2,1H3.